The molecule has 172 valence electrons. The smallest absolute Gasteiger partial charge is 0.317 e. The highest BCUT2D eigenvalue weighted by Crippen LogP contribution is 2.28. The number of pyridine rings is 1. The molecule has 1 saturated heterocycles. The number of fused-ring (bicyclic) bond motifs is 1. The first kappa shape index (κ1) is 21.5. The van der Waals surface area contributed by atoms with Gasteiger partial charge in [0.05, 0.1) is 12.7 Å². The molecule has 2 amide bonds. The second-order valence-electron chi connectivity index (χ2n) is 8.61. The summed E-state index contributed by atoms with van der Waals surface area (Å²) in [6.45, 7) is 3.28. The second kappa shape index (κ2) is 10.1. The third-order valence-electron chi connectivity index (χ3n) is 6.37. The number of rotatable bonds is 7. The molecule has 1 fully saturated rings. The van der Waals surface area contributed by atoms with Crippen LogP contribution in [-0.2, 0) is 11.3 Å². The molecule has 2 aromatic heterocycles. The second-order valence-corrected chi connectivity index (χ2v) is 8.61. The summed E-state index contributed by atoms with van der Waals surface area (Å²) in [6, 6.07) is 11.9. The van der Waals surface area contributed by atoms with E-state index in [9.17, 15) is 4.79 Å². The van der Waals surface area contributed by atoms with Gasteiger partial charge < -0.3 is 24.7 Å². The molecule has 0 bridgehead atoms. The number of aromatic nitrogens is 2. The average Bonchev–Trinajstić information content (AvgIpc) is 3.53. The maximum absolute atomic E-state index is 12.7. The van der Waals surface area contributed by atoms with E-state index in [4.69, 9.17) is 9.47 Å². The molecular formula is C26H30N4O3. The number of ether oxygens (including phenoxy) is 2. The minimum atomic E-state index is -0.0457. The number of carbonyl (C=O) groups is 1. The van der Waals surface area contributed by atoms with E-state index in [-0.39, 0.29) is 6.03 Å². The minimum Gasteiger partial charge on any atom is -0.493 e. The molecule has 0 spiro atoms. The monoisotopic (exact) mass is 446 g/mol. The van der Waals surface area contributed by atoms with Crippen LogP contribution in [-0.4, -0.2) is 53.3 Å². The molecule has 1 atom stereocenters. The lowest BCUT2D eigenvalue weighted by atomic mass is 10.00. The van der Waals surface area contributed by atoms with Crippen LogP contribution in [0.25, 0.3) is 16.6 Å². The molecule has 2 N–H and O–H groups in total. The van der Waals surface area contributed by atoms with Crippen LogP contribution in [0.4, 0.5) is 4.79 Å². The molecule has 2 aliphatic rings. The number of amides is 2. The molecule has 4 heterocycles. The number of carbonyl (C=O) groups excluding carboxylic acids is 1. The molecular weight excluding hydrogens is 416 g/mol. The van der Waals surface area contributed by atoms with Crippen LogP contribution in [0.1, 0.15) is 36.8 Å². The van der Waals surface area contributed by atoms with Gasteiger partial charge in [-0.1, -0.05) is 18.2 Å². The fraction of sp³-hybridized carbons (Fsp3) is 0.385. The zero-order valence-electron chi connectivity index (χ0n) is 18.8. The fourth-order valence-corrected chi connectivity index (χ4v) is 4.53. The number of aromatic amines is 1. The summed E-state index contributed by atoms with van der Waals surface area (Å²) in [5.41, 5.74) is 4.35. The quantitative estimate of drug-likeness (QED) is 0.560. The first-order valence-electron chi connectivity index (χ1n) is 11.7. The standard InChI is InChI=1S/C26H30N4O3/c31-26(29-17-19-4-1-5-22(16-19)33-15-10-21-6-3-14-32-21)30-12-8-20(9-13-30)24-18-28-25-23(24)7-2-11-27-25/h1-2,4-5,7-8,11,16,18,21H,3,6,9-10,12-15,17H2,(H,27,28)(H,29,31). The van der Waals surface area contributed by atoms with Crippen molar-refractivity contribution < 1.29 is 14.3 Å². The van der Waals surface area contributed by atoms with Crippen LogP contribution in [0.2, 0.25) is 0 Å². The first-order valence-corrected chi connectivity index (χ1v) is 11.7. The highest BCUT2D eigenvalue weighted by atomic mass is 16.5. The molecule has 0 saturated carbocycles. The maximum Gasteiger partial charge on any atom is 0.317 e. The van der Waals surface area contributed by atoms with Crippen LogP contribution in [0.15, 0.2) is 54.9 Å². The number of hydrogen-bond donors (Lipinski definition) is 2. The third kappa shape index (κ3) is 5.20. The number of hydrogen-bond acceptors (Lipinski definition) is 4. The van der Waals surface area contributed by atoms with Gasteiger partial charge in [0.2, 0.25) is 0 Å². The molecule has 1 aromatic carbocycles. The Kier molecular flexibility index (Phi) is 6.58. The van der Waals surface area contributed by atoms with E-state index >= 15 is 0 Å². The van der Waals surface area contributed by atoms with E-state index in [1.807, 2.05) is 41.4 Å². The van der Waals surface area contributed by atoms with Gasteiger partial charge in [-0.2, -0.15) is 0 Å². The Balaban J connectivity index is 1.11. The molecule has 0 radical (unpaired) electrons. The molecule has 5 rings (SSSR count). The summed E-state index contributed by atoms with van der Waals surface area (Å²) in [5.74, 6) is 0.832. The largest absolute Gasteiger partial charge is 0.493 e. The van der Waals surface area contributed by atoms with Gasteiger partial charge in [-0.25, -0.2) is 9.78 Å². The fourth-order valence-electron chi connectivity index (χ4n) is 4.53. The molecule has 1 unspecified atom stereocenters. The third-order valence-corrected chi connectivity index (χ3v) is 6.37. The summed E-state index contributed by atoms with van der Waals surface area (Å²) in [7, 11) is 0. The lowest BCUT2D eigenvalue weighted by molar-refractivity contribution is 0.0903. The summed E-state index contributed by atoms with van der Waals surface area (Å²) >= 11 is 0. The SMILES string of the molecule is O=C(NCc1cccc(OCCC2CCCO2)c1)N1CC=C(c2c[nH]c3ncccc23)CC1. The van der Waals surface area contributed by atoms with E-state index in [0.717, 1.165) is 54.6 Å². The predicted molar refractivity (Wildman–Crippen MR) is 128 cm³/mol. The first-order chi connectivity index (χ1) is 16.3. The number of nitrogens with one attached hydrogen (secondary N) is 2. The van der Waals surface area contributed by atoms with Crippen LogP contribution < -0.4 is 10.1 Å². The highest BCUT2D eigenvalue weighted by molar-refractivity contribution is 5.91. The Morgan fingerprint density at radius 2 is 2.27 bits per heavy atom. The van der Waals surface area contributed by atoms with Gasteiger partial charge in [-0.3, -0.25) is 0 Å². The average molecular weight is 447 g/mol. The van der Waals surface area contributed by atoms with Gasteiger partial charge in [0.15, 0.2) is 0 Å². The van der Waals surface area contributed by atoms with E-state index in [1.54, 1.807) is 6.20 Å². The van der Waals surface area contributed by atoms with Crippen molar-refractivity contribution in [2.45, 2.75) is 38.3 Å². The molecule has 7 heteroatoms. The lowest BCUT2D eigenvalue weighted by Crippen LogP contribution is -2.41. The zero-order valence-corrected chi connectivity index (χ0v) is 18.8. The Morgan fingerprint density at radius 3 is 3.12 bits per heavy atom. The van der Waals surface area contributed by atoms with Crippen molar-refractivity contribution in [1.29, 1.82) is 0 Å². The highest BCUT2D eigenvalue weighted by Gasteiger charge is 2.19. The summed E-state index contributed by atoms with van der Waals surface area (Å²) in [6.07, 6.45) is 10.3. The topological polar surface area (TPSA) is 79.5 Å². The number of benzene rings is 1. The number of H-pyrrole nitrogens is 1. The molecule has 3 aromatic rings. The summed E-state index contributed by atoms with van der Waals surface area (Å²) in [4.78, 5) is 22.1. The van der Waals surface area contributed by atoms with Gasteiger partial charge in [-0.05, 0) is 54.7 Å². The molecule has 0 aliphatic carbocycles. The Hall–Kier alpha value is -3.32. The lowest BCUT2D eigenvalue weighted by Gasteiger charge is -2.26. The van der Waals surface area contributed by atoms with Gasteiger partial charge in [0, 0.05) is 56.0 Å². The molecule has 7 nitrogen and oxygen atoms in total. The van der Waals surface area contributed by atoms with Crippen LogP contribution >= 0.6 is 0 Å². The predicted octanol–water partition coefficient (Wildman–Crippen LogP) is 4.51. The van der Waals surface area contributed by atoms with Crippen molar-refractivity contribution in [2.24, 2.45) is 0 Å². The van der Waals surface area contributed by atoms with Gasteiger partial charge in [0.25, 0.3) is 0 Å². The van der Waals surface area contributed by atoms with E-state index in [0.29, 0.717) is 32.3 Å². The van der Waals surface area contributed by atoms with Crippen LogP contribution in [0, 0.1) is 0 Å². The zero-order chi connectivity index (χ0) is 22.5. The van der Waals surface area contributed by atoms with Crippen LogP contribution in [0.3, 0.4) is 0 Å². The van der Waals surface area contributed by atoms with Crippen molar-refractivity contribution in [1.82, 2.24) is 20.2 Å². The Labute approximate surface area is 193 Å². The minimum absolute atomic E-state index is 0.0457. The van der Waals surface area contributed by atoms with Crippen molar-refractivity contribution in [3.05, 3.63) is 66.0 Å². The van der Waals surface area contributed by atoms with E-state index in [1.165, 1.54) is 11.1 Å². The summed E-state index contributed by atoms with van der Waals surface area (Å²) < 4.78 is 11.5. The Morgan fingerprint density at radius 1 is 1.30 bits per heavy atom. The molecule has 33 heavy (non-hydrogen) atoms. The molecule has 2 aliphatic heterocycles. The van der Waals surface area contributed by atoms with E-state index in [2.05, 4.69) is 27.4 Å². The number of urea groups is 1. The summed E-state index contributed by atoms with van der Waals surface area (Å²) in [5, 5.41) is 4.17. The normalized spacial score (nSPS) is 18.4. The van der Waals surface area contributed by atoms with Gasteiger partial charge in [-0.15, -0.1) is 0 Å². The van der Waals surface area contributed by atoms with Crippen molar-refractivity contribution in [2.75, 3.05) is 26.3 Å². The van der Waals surface area contributed by atoms with Crippen molar-refractivity contribution in [3.8, 4) is 5.75 Å². The van der Waals surface area contributed by atoms with E-state index < -0.39 is 0 Å². The van der Waals surface area contributed by atoms with Crippen molar-refractivity contribution >= 4 is 22.6 Å². The van der Waals surface area contributed by atoms with Gasteiger partial charge >= 0.3 is 6.03 Å². The maximum atomic E-state index is 12.7. The Bertz CT molecular complexity index is 1130. The van der Waals surface area contributed by atoms with Gasteiger partial charge in [0.1, 0.15) is 11.4 Å². The van der Waals surface area contributed by atoms with Crippen molar-refractivity contribution in [3.63, 3.8) is 0 Å². The van der Waals surface area contributed by atoms with Crippen LogP contribution in [0.5, 0.6) is 5.75 Å². The number of nitrogens with zero attached hydrogens (tertiary/aromatic N) is 2.